The molecule has 0 saturated carbocycles. The molecule has 0 unspecified atom stereocenters. The van der Waals surface area contributed by atoms with Crippen LogP contribution in [-0.4, -0.2) is 20.2 Å². The quantitative estimate of drug-likeness (QED) is 0.637. The Morgan fingerprint density at radius 3 is 2.43 bits per heavy atom. The van der Waals surface area contributed by atoms with Gasteiger partial charge < -0.3 is 15.5 Å². The maximum atomic E-state index is 12.5. The van der Waals surface area contributed by atoms with E-state index in [2.05, 4.69) is 5.32 Å². The van der Waals surface area contributed by atoms with Crippen molar-refractivity contribution in [1.29, 1.82) is 0 Å². The van der Waals surface area contributed by atoms with Crippen LogP contribution in [0.15, 0.2) is 51.8 Å². The van der Waals surface area contributed by atoms with Gasteiger partial charge in [-0.2, -0.15) is 0 Å². The molecule has 146 valence electrons. The Morgan fingerprint density at radius 1 is 1.11 bits per heavy atom. The second-order valence-electron chi connectivity index (χ2n) is 6.14. The molecule has 0 aliphatic rings. The molecule has 9 heteroatoms. The van der Waals surface area contributed by atoms with Crippen molar-refractivity contribution in [2.75, 3.05) is 5.32 Å². The molecule has 2 aromatic heterocycles. The van der Waals surface area contributed by atoms with Crippen molar-refractivity contribution in [2.45, 2.75) is 24.5 Å². The monoisotopic (exact) mass is 418 g/mol. The van der Waals surface area contributed by atoms with E-state index in [1.54, 1.807) is 25.1 Å². The van der Waals surface area contributed by atoms with Crippen molar-refractivity contribution in [2.24, 2.45) is 5.73 Å². The second kappa shape index (κ2) is 7.61. The number of primary amides is 1. The Morgan fingerprint density at radius 2 is 1.79 bits per heavy atom. The Hall–Kier alpha value is -2.91. The van der Waals surface area contributed by atoms with E-state index in [1.165, 1.54) is 35.6 Å². The molecule has 2 heterocycles. The SMILES string of the molecule is Cc1sc(NC(=O)c2ccc(CS(=O)(=O)c3ccccc3)o2)c(C(N)=O)c1C. The second-order valence-corrected chi connectivity index (χ2v) is 9.36. The first kappa shape index (κ1) is 19.8. The van der Waals surface area contributed by atoms with Crippen LogP contribution >= 0.6 is 11.3 Å². The zero-order chi connectivity index (χ0) is 20.5. The molecule has 0 atom stereocenters. The van der Waals surface area contributed by atoms with Crippen molar-refractivity contribution in [1.82, 2.24) is 0 Å². The third-order valence-corrected chi connectivity index (χ3v) is 6.96. The fourth-order valence-electron chi connectivity index (χ4n) is 2.65. The predicted octanol–water partition coefficient (Wildman–Crippen LogP) is 3.28. The van der Waals surface area contributed by atoms with Gasteiger partial charge in [-0.1, -0.05) is 18.2 Å². The van der Waals surface area contributed by atoms with Crippen LogP contribution in [0.1, 0.15) is 37.1 Å². The number of benzene rings is 1. The van der Waals surface area contributed by atoms with Crippen LogP contribution < -0.4 is 11.1 Å². The molecular weight excluding hydrogens is 400 g/mol. The van der Waals surface area contributed by atoms with E-state index in [0.29, 0.717) is 10.6 Å². The van der Waals surface area contributed by atoms with Gasteiger partial charge in [-0.15, -0.1) is 11.3 Å². The number of amides is 2. The highest BCUT2D eigenvalue weighted by Crippen LogP contribution is 2.32. The highest BCUT2D eigenvalue weighted by molar-refractivity contribution is 7.90. The molecule has 2 amide bonds. The van der Waals surface area contributed by atoms with E-state index >= 15 is 0 Å². The number of nitrogens with two attached hydrogens (primary N) is 1. The van der Waals surface area contributed by atoms with Gasteiger partial charge in [0.25, 0.3) is 11.8 Å². The van der Waals surface area contributed by atoms with E-state index in [-0.39, 0.29) is 27.7 Å². The molecule has 3 aromatic rings. The summed E-state index contributed by atoms with van der Waals surface area (Å²) in [5, 5.41) is 2.95. The summed E-state index contributed by atoms with van der Waals surface area (Å²) in [5.74, 6) is -1.51. The smallest absolute Gasteiger partial charge is 0.291 e. The van der Waals surface area contributed by atoms with E-state index in [9.17, 15) is 18.0 Å². The summed E-state index contributed by atoms with van der Waals surface area (Å²) >= 11 is 1.24. The summed E-state index contributed by atoms with van der Waals surface area (Å²) in [5.41, 5.74) is 6.37. The van der Waals surface area contributed by atoms with Crippen LogP contribution in [0.25, 0.3) is 0 Å². The first-order valence-corrected chi connectivity index (χ1v) is 10.7. The lowest BCUT2D eigenvalue weighted by molar-refractivity contribution is 0.0995. The van der Waals surface area contributed by atoms with Crippen LogP contribution in [0.4, 0.5) is 5.00 Å². The summed E-state index contributed by atoms with van der Waals surface area (Å²) in [4.78, 5) is 25.1. The summed E-state index contributed by atoms with van der Waals surface area (Å²) in [6.45, 7) is 3.57. The average Bonchev–Trinajstić information content (AvgIpc) is 3.20. The van der Waals surface area contributed by atoms with Gasteiger partial charge in [0.15, 0.2) is 15.6 Å². The molecule has 0 spiro atoms. The molecule has 0 aliphatic heterocycles. The number of hydrogen-bond acceptors (Lipinski definition) is 6. The highest BCUT2D eigenvalue weighted by atomic mass is 32.2. The maximum absolute atomic E-state index is 12.5. The lowest BCUT2D eigenvalue weighted by atomic mass is 10.1. The van der Waals surface area contributed by atoms with Crippen molar-refractivity contribution in [3.8, 4) is 0 Å². The van der Waals surface area contributed by atoms with Crippen LogP contribution in [0.5, 0.6) is 0 Å². The van der Waals surface area contributed by atoms with Crippen molar-refractivity contribution < 1.29 is 22.4 Å². The number of furan rings is 1. The number of anilines is 1. The number of sulfone groups is 1. The molecule has 1 aromatic carbocycles. The van der Waals surface area contributed by atoms with Crippen molar-refractivity contribution >= 4 is 38.0 Å². The van der Waals surface area contributed by atoms with Gasteiger partial charge in [0, 0.05) is 4.88 Å². The Labute approximate surface area is 166 Å². The first-order chi connectivity index (χ1) is 13.2. The average molecular weight is 418 g/mol. The summed E-state index contributed by atoms with van der Waals surface area (Å²) in [7, 11) is -3.59. The predicted molar refractivity (Wildman–Crippen MR) is 106 cm³/mol. The molecule has 0 fully saturated rings. The molecule has 7 nitrogen and oxygen atoms in total. The zero-order valence-corrected chi connectivity index (χ0v) is 16.8. The Balaban J connectivity index is 1.79. The number of thiophene rings is 1. The highest BCUT2D eigenvalue weighted by Gasteiger charge is 2.22. The van der Waals surface area contributed by atoms with Crippen molar-refractivity contribution in [3.63, 3.8) is 0 Å². The number of carbonyl (C=O) groups excluding carboxylic acids is 2. The lowest BCUT2D eigenvalue weighted by Gasteiger charge is -2.04. The fourth-order valence-corrected chi connectivity index (χ4v) is 4.98. The van der Waals surface area contributed by atoms with Crippen LogP contribution in [-0.2, 0) is 15.6 Å². The zero-order valence-electron chi connectivity index (χ0n) is 15.2. The number of rotatable bonds is 6. The normalized spacial score (nSPS) is 11.4. The first-order valence-electron chi connectivity index (χ1n) is 8.26. The van der Waals surface area contributed by atoms with Crippen LogP contribution in [0, 0.1) is 13.8 Å². The van der Waals surface area contributed by atoms with E-state index < -0.39 is 21.7 Å². The van der Waals surface area contributed by atoms with Gasteiger partial charge in [0.05, 0.1) is 10.5 Å². The summed E-state index contributed by atoms with van der Waals surface area (Å²) < 4.78 is 30.3. The Bertz CT molecular complexity index is 1140. The van der Waals surface area contributed by atoms with E-state index in [1.807, 2.05) is 6.92 Å². The minimum atomic E-state index is -3.59. The van der Waals surface area contributed by atoms with Crippen LogP contribution in [0.3, 0.4) is 0 Å². The Kier molecular flexibility index (Phi) is 5.39. The third-order valence-electron chi connectivity index (χ3n) is 4.18. The largest absolute Gasteiger partial charge is 0.455 e. The standard InChI is InChI=1S/C19H18N2O5S2/c1-11-12(2)27-19(16(11)17(20)22)21-18(23)15-9-8-13(26-15)10-28(24,25)14-6-4-3-5-7-14/h3-9H,10H2,1-2H3,(H2,20,22)(H,21,23). The maximum Gasteiger partial charge on any atom is 0.291 e. The van der Waals surface area contributed by atoms with Gasteiger partial charge in [-0.05, 0) is 43.7 Å². The topological polar surface area (TPSA) is 119 Å². The molecule has 3 N–H and O–H groups in total. The molecule has 0 radical (unpaired) electrons. The molecule has 0 bridgehead atoms. The van der Waals surface area contributed by atoms with E-state index in [4.69, 9.17) is 10.2 Å². The fraction of sp³-hybridized carbons (Fsp3) is 0.158. The number of nitrogens with one attached hydrogen (secondary N) is 1. The molecule has 3 rings (SSSR count). The molecule has 0 saturated heterocycles. The van der Waals surface area contributed by atoms with Crippen LogP contribution in [0.2, 0.25) is 0 Å². The van der Waals surface area contributed by atoms with Gasteiger partial charge >= 0.3 is 0 Å². The van der Waals surface area contributed by atoms with Crippen molar-refractivity contribution in [3.05, 3.63) is 70.0 Å². The lowest BCUT2D eigenvalue weighted by Crippen LogP contribution is -2.17. The minimum absolute atomic E-state index is 0.0580. The van der Waals surface area contributed by atoms with Gasteiger partial charge in [-0.25, -0.2) is 8.42 Å². The number of aryl methyl sites for hydroxylation is 1. The minimum Gasteiger partial charge on any atom is -0.455 e. The number of carbonyl (C=O) groups is 2. The number of hydrogen-bond donors (Lipinski definition) is 2. The van der Waals surface area contributed by atoms with Gasteiger partial charge in [-0.3, -0.25) is 9.59 Å². The van der Waals surface area contributed by atoms with E-state index in [0.717, 1.165) is 4.88 Å². The van der Waals surface area contributed by atoms with Gasteiger partial charge in [0.1, 0.15) is 16.5 Å². The summed E-state index contributed by atoms with van der Waals surface area (Å²) in [6.07, 6.45) is 0. The molecular formula is C19H18N2O5S2. The summed E-state index contributed by atoms with van der Waals surface area (Å²) in [6, 6.07) is 10.8. The third kappa shape index (κ3) is 4.00. The molecule has 0 aliphatic carbocycles. The van der Waals surface area contributed by atoms with Gasteiger partial charge in [0.2, 0.25) is 0 Å². The molecule has 28 heavy (non-hydrogen) atoms.